The molecule has 0 spiro atoms. The molecule has 12 heteroatoms. The van der Waals surface area contributed by atoms with Gasteiger partial charge in [0.2, 0.25) is 17.7 Å². The van der Waals surface area contributed by atoms with Crippen molar-refractivity contribution >= 4 is 23.7 Å². The normalized spacial score (nSPS) is 21.2. The van der Waals surface area contributed by atoms with Crippen molar-refractivity contribution in [3.05, 3.63) is 77.4 Å². The number of guanidine groups is 1. The maximum atomic E-state index is 14.5. The molecule has 4 rings (SSSR count). The van der Waals surface area contributed by atoms with E-state index in [4.69, 9.17) is 11.1 Å². The fourth-order valence-electron chi connectivity index (χ4n) is 6.79. The Kier molecular flexibility index (Phi) is 13.6. The molecule has 2 fully saturated rings. The number of aliphatic hydroxyl groups is 2. The van der Waals surface area contributed by atoms with Gasteiger partial charge in [0.05, 0.1) is 6.10 Å². The van der Waals surface area contributed by atoms with Gasteiger partial charge in [-0.15, -0.1) is 0 Å². The summed E-state index contributed by atoms with van der Waals surface area (Å²) in [5.41, 5.74) is 8.33. The Hall–Kier alpha value is -4.42. The molecule has 1 saturated heterocycles. The van der Waals surface area contributed by atoms with Crippen molar-refractivity contribution in [1.29, 1.82) is 5.41 Å². The van der Waals surface area contributed by atoms with Crippen molar-refractivity contribution in [3.63, 3.8) is 0 Å². The molecular formula is C37H52N6O6. The van der Waals surface area contributed by atoms with E-state index in [-0.39, 0.29) is 42.4 Å². The standard InChI is InChI=1S/C37H52N6O6/c1-24(2)16-19-42(37(38)39)18-7-6-17-40-34(47)32-22-27-12-15-29(45)23-31(27)43(32)36(49)30(20-25-8-4-3-5-9-25)41-35(48)33(46)21-26-10-13-28(44)14-11-26/h3-5,8-11,13-14,16,27,29-33,44-46H,6-7,12,15,17-23H2,1-2H3,(H3,38,39)(H,40,47)(H,41,48). The number of aromatic hydroxyl groups is 1. The molecule has 49 heavy (non-hydrogen) atoms. The lowest BCUT2D eigenvalue weighted by Gasteiger charge is -2.37. The predicted octanol–water partition coefficient (Wildman–Crippen LogP) is 2.21. The first-order chi connectivity index (χ1) is 23.4. The number of nitrogens with one attached hydrogen (secondary N) is 3. The smallest absolute Gasteiger partial charge is 0.249 e. The second-order valence-corrected chi connectivity index (χ2v) is 13.5. The van der Waals surface area contributed by atoms with Crippen LogP contribution in [0.2, 0.25) is 0 Å². The van der Waals surface area contributed by atoms with Gasteiger partial charge in [0.25, 0.3) is 0 Å². The number of rotatable bonds is 15. The van der Waals surface area contributed by atoms with Crippen molar-refractivity contribution in [2.45, 2.75) is 95.5 Å². The summed E-state index contributed by atoms with van der Waals surface area (Å²) in [5, 5.41) is 44.6. The molecule has 2 aromatic rings. The molecule has 0 aromatic heterocycles. The largest absolute Gasteiger partial charge is 0.508 e. The highest BCUT2D eigenvalue weighted by atomic mass is 16.3. The summed E-state index contributed by atoms with van der Waals surface area (Å²) in [4.78, 5) is 44.9. The molecule has 1 aliphatic heterocycles. The van der Waals surface area contributed by atoms with E-state index >= 15 is 0 Å². The maximum Gasteiger partial charge on any atom is 0.249 e. The Bertz CT molecular complexity index is 1450. The maximum absolute atomic E-state index is 14.5. The Morgan fingerprint density at radius 1 is 1.02 bits per heavy atom. The molecular weight excluding hydrogens is 624 g/mol. The minimum Gasteiger partial charge on any atom is -0.508 e. The summed E-state index contributed by atoms with van der Waals surface area (Å²) in [6.07, 6.45) is 3.58. The highest BCUT2D eigenvalue weighted by molar-refractivity contribution is 5.94. The molecule has 2 aromatic carbocycles. The predicted molar refractivity (Wildman–Crippen MR) is 187 cm³/mol. The summed E-state index contributed by atoms with van der Waals surface area (Å²) in [7, 11) is 0. The summed E-state index contributed by atoms with van der Waals surface area (Å²) >= 11 is 0. The number of unbranched alkanes of at least 4 members (excludes halogenated alkanes) is 1. The van der Waals surface area contributed by atoms with Crippen molar-refractivity contribution in [1.82, 2.24) is 20.4 Å². The van der Waals surface area contributed by atoms with E-state index in [2.05, 4.69) is 10.6 Å². The number of allylic oxidation sites excluding steroid dienone is 1. The monoisotopic (exact) mass is 676 g/mol. The summed E-state index contributed by atoms with van der Waals surface area (Å²) in [6.45, 7) is 5.49. The lowest BCUT2D eigenvalue weighted by Crippen LogP contribution is -2.58. The van der Waals surface area contributed by atoms with Crippen LogP contribution in [-0.4, -0.2) is 98.8 Å². The van der Waals surface area contributed by atoms with Crippen LogP contribution in [0.5, 0.6) is 5.75 Å². The number of aliphatic hydroxyl groups excluding tert-OH is 2. The number of phenolic OH excluding ortho intramolecular Hbond substituents is 1. The first-order valence-electron chi connectivity index (χ1n) is 17.2. The first-order valence-corrected chi connectivity index (χ1v) is 17.2. The number of carbonyl (C=O) groups excluding carboxylic acids is 3. The van der Waals surface area contributed by atoms with E-state index in [1.165, 1.54) is 12.1 Å². The molecule has 8 N–H and O–H groups in total. The van der Waals surface area contributed by atoms with E-state index in [1.54, 1.807) is 21.9 Å². The molecule has 3 amide bonds. The first kappa shape index (κ1) is 37.4. The Balaban J connectivity index is 1.47. The number of nitrogens with zero attached hydrogens (tertiary/aromatic N) is 2. The SMILES string of the molecule is CC(C)=CCN(CCCCNC(=O)C1CC2CCC(O)CC2N1C(=O)C(Cc1ccccc1)NC(=O)C(O)Cc1ccc(O)cc1)C(=N)N. The van der Waals surface area contributed by atoms with Crippen LogP contribution in [0.3, 0.4) is 0 Å². The van der Waals surface area contributed by atoms with Gasteiger partial charge in [0.1, 0.15) is 23.9 Å². The summed E-state index contributed by atoms with van der Waals surface area (Å²) in [5.74, 6) is -1.31. The number of amides is 3. The topological polar surface area (TPSA) is 192 Å². The van der Waals surface area contributed by atoms with Gasteiger partial charge in [-0.2, -0.15) is 0 Å². The van der Waals surface area contributed by atoms with Crippen molar-refractivity contribution in [2.75, 3.05) is 19.6 Å². The third kappa shape index (κ3) is 10.8. The summed E-state index contributed by atoms with van der Waals surface area (Å²) < 4.78 is 0. The van der Waals surface area contributed by atoms with Gasteiger partial charge >= 0.3 is 0 Å². The zero-order valence-corrected chi connectivity index (χ0v) is 28.6. The molecule has 1 saturated carbocycles. The second kappa shape index (κ2) is 17.8. The van der Waals surface area contributed by atoms with E-state index in [9.17, 15) is 29.7 Å². The fraction of sp³-hybridized carbons (Fsp3) is 0.514. The number of hydrogen-bond acceptors (Lipinski definition) is 7. The number of phenols is 1. The Morgan fingerprint density at radius 3 is 2.39 bits per heavy atom. The Labute approximate surface area is 288 Å². The van der Waals surface area contributed by atoms with Crippen LogP contribution in [0.25, 0.3) is 0 Å². The lowest BCUT2D eigenvalue weighted by molar-refractivity contribution is -0.145. The quantitative estimate of drug-likeness (QED) is 0.0646. The van der Waals surface area contributed by atoms with Crippen molar-refractivity contribution in [3.8, 4) is 5.75 Å². The highest BCUT2D eigenvalue weighted by Gasteiger charge is 2.50. The molecule has 1 aliphatic carbocycles. The van der Waals surface area contributed by atoms with Gasteiger partial charge in [-0.3, -0.25) is 19.8 Å². The third-order valence-electron chi connectivity index (χ3n) is 9.48. The van der Waals surface area contributed by atoms with Crippen LogP contribution in [-0.2, 0) is 27.2 Å². The number of hydrogen-bond donors (Lipinski definition) is 7. The molecule has 2 aliphatic rings. The van der Waals surface area contributed by atoms with Crippen LogP contribution >= 0.6 is 0 Å². The van der Waals surface area contributed by atoms with Crippen LogP contribution in [0.1, 0.15) is 63.5 Å². The number of likely N-dealkylation sites (tertiary alicyclic amines) is 1. The molecule has 12 nitrogen and oxygen atoms in total. The van der Waals surface area contributed by atoms with Crippen molar-refractivity contribution < 1.29 is 29.7 Å². The van der Waals surface area contributed by atoms with E-state index in [0.717, 1.165) is 11.1 Å². The van der Waals surface area contributed by atoms with Crippen LogP contribution < -0.4 is 16.4 Å². The number of benzene rings is 2. The molecule has 6 unspecified atom stereocenters. The summed E-state index contributed by atoms with van der Waals surface area (Å²) in [6, 6.07) is 13.2. The van der Waals surface area contributed by atoms with Gasteiger partial charge in [-0.05, 0) is 81.5 Å². The molecule has 266 valence electrons. The van der Waals surface area contributed by atoms with Gasteiger partial charge in [-0.1, -0.05) is 54.1 Å². The number of nitrogens with two attached hydrogens (primary N) is 1. The second-order valence-electron chi connectivity index (χ2n) is 13.5. The van der Waals surface area contributed by atoms with E-state index in [0.29, 0.717) is 63.7 Å². The van der Waals surface area contributed by atoms with Gasteiger partial charge in [0.15, 0.2) is 5.96 Å². The van der Waals surface area contributed by atoms with E-state index in [1.807, 2.05) is 50.3 Å². The van der Waals surface area contributed by atoms with Crippen LogP contribution in [0, 0.1) is 11.3 Å². The number of fused-ring (bicyclic) bond motifs is 1. The molecule has 0 bridgehead atoms. The lowest BCUT2D eigenvalue weighted by atomic mass is 9.83. The molecule has 1 heterocycles. The van der Waals surface area contributed by atoms with Crippen molar-refractivity contribution in [2.24, 2.45) is 11.7 Å². The average Bonchev–Trinajstić information content (AvgIpc) is 3.45. The van der Waals surface area contributed by atoms with Gasteiger partial charge < -0.3 is 41.5 Å². The Morgan fingerprint density at radius 2 is 1.71 bits per heavy atom. The molecule has 6 atom stereocenters. The zero-order valence-electron chi connectivity index (χ0n) is 28.6. The fourth-order valence-corrected chi connectivity index (χ4v) is 6.79. The average molecular weight is 677 g/mol. The third-order valence-corrected chi connectivity index (χ3v) is 9.48. The minimum atomic E-state index is -1.45. The van der Waals surface area contributed by atoms with Gasteiger partial charge in [-0.25, -0.2) is 0 Å². The van der Waals surface area contributed by atoms with E-state index < -0.39 is 36.1 Å². The van der Waals surface area contributed by atoms with Crippen LogP contribution in [0.4, 0.5) is 0 Å². The molecule has 0 radical (unpaired) electrons. The minimum absolute atomic E-state index is 0.00328. The van der Waals surface area contributed by atoms with Crippen LogP contribution in [0.15, 0.2) is 66.2 Å². The zero-order chi connectivity index (χ0) is 35.5. The van der Waals surface area contributed by atoms with Gasteiger partial charge in [0, 0.05) is 38.5 Å². The number of carbonyl (C=O) groups is 3. The highest BCUT2D eigenvalue weighted by Crippen LogP contribution is 2.40.